The third kappa shape index (κ3) is 5.78. The molecule has 0 aliphatic carbocycles. The molecule has 0 bridgehead atoms. The summed E-state index contributed by atoms with van der Waals surface area (Å²) >= 11 is 0. The molecule has 3 rings (SSSR count). The van der Waals surface area contributed by atoms with Gasteiger partial charge in [0, 0.05) is 6.54 Å². The molecular weight excluding hydrogens is 366 g/mol. The van der Waals surface area contributed by atoms with E-state index >= 15 is 0 Å². The van der Waals surface area contributed by atoms with Crippen molar-refractivity contribution in [2.75, 3.05) is 27.4 Å². The summed E-state index contributed by atoms with van der Waals surface area (Å²) in [4.78, 5) is 4.36. The summed E-state index contributed by atoms with van der Waals surface area (Å²) in [6.45, 7) is 1.76. The molecule has 3 N–H and O–H groups in total. The van der Waals surface area contributed by atoms with E-state index in [-0.39, 0.29) is 0 Å². The number of methoxy groups -OCH3 is 2. The molecule has 0 amide bonds. The van der Waals surface area contributed by atoms with Crippen LogP contribution in [0.2, 0.25) is 0 Å². The Morgan fingerprint density at radius 3 is 2.52 bits per heavy atom. The molecule has 3 aromatic carbocycles. The Labute approximate surface area is 171 Å². The normalized spacial score (nSPS) is 11.3. The number of aliphatic imine (C=N–C) groups is 1. The number of rotatable bonds is 9. The van der Waals surface area contributed by atoms with Crippen LogP contribution < -0.4 is 25.3 Å². The fraction of sp³-hybridized carbons (Fsp3) is 0.261. The van der Waals surface area contributed by atoms with Crippen molar-refractivity contribution in [3.05, 3.63) is 66.2 Å². The smallest absolute Gasteiger partial charge is 0.188 e. The molecule has 0 spiro atoms. The second kappa shape index (κ2) is 10.2. The highest BCUT2D eigenvalue weighted by Gasteiger charge is 2.04. The van der Waals surface area contributed by atoms with Crippen molar-refractivity contribution in [1.29, 1.82) is 0 Å². The maximum atomic E-state index is 5.95. The summed E-state index contributed by atoms with van der Waals surface area (Å²) in [7, 11) is 3.22. The average Bonchev–Trinajstić information content (AvgIpc) is 2.77. The highest BCUT2D eigenvalue weighted by Crippen LogP contribution is 2.27. The number of nitrogens with two attached hydrogens (primary N) is 1. The van der Waals surface area contributed by atoms with Crippen LogP contribution in [0, 0.1) is 0 Å². The van der Waals surface area contributed by atoms with Gasteiger partial charge < -0.3 is 25.3 Å². The first-order valence-electron chi connectivity index (χ1n) is 9.56. The third-order valence-corrected chi connectivity index (χ3v) is 4.50. The number of hydrogen-bond donors (Lipinski definition) is 2. The van der Waals surface area contributed by atoms with Gasteiger partial charge in [0.05, 0.1) is 27.4 Å². The van der Waals surface area contributed by atoms with Gasteiger partial charge in [-0.25, -0.2) is 4.99 Å². The molecule has 0 atom stereocenters. The standard InChI is InChI=1S/C23H27N3O3/c1-27-21-11-8-17(14-22(21)28-2)16-26-23(24)25-12-5-13-29-20-10-9-18-6-3-4-7-19(18)15-20/h3-4,6-11,14-15H,5,12-13,16H2,1-2H3,(H3,24,25,26). The van der Waals surface area contributed by atoms with Gasteiger partial charge in [0.1, 0.15) is 5.75 Å². The van der Waals surface area contributed by atoms with E-state index in [1.807, 2.05) is 36.4 Å². The molecule has 3 aromatic rings. The van der Waals surface area contributed by atoms with Crippen LogP contribution in [0.25, 0.3) is 10.8 Å². The van der Waals surface area contributed by atoms with Crippen LogP contribution in [-0.2, 0) is 6.54 Å². The van der Waals surface area contributed by atoms with E-state index in [0.29, 0.717) is 37.2 Å². The molecule has 0 radical (unpaired) electrons. The number of benzene rings is 3. The lowest BCUT2D eigenvalue weighted by Crippen LogP contribution is -2.33. The predicted octanol–water partition coefficient (Wildman–Crippen LogP) is 3.73. The number of fused-ring (bicyclic) bond motifs is 1. The Hall–Kier alpha value is -3.41. The molecule has 6 nitrogen and oxygen atoms in total. The first-order valence-corrected chi connectivity index (χ1v) is 9.56. The zero-order valence-electron chi connectivity index (χ0n) is 16.9. The number of nitrogens with one attached hydrogen (secondary N) is 1. The topological polar surface area (TPSA) is 78.1 Å². The zero-order valence-corrected chi connectivity index (χ0v) is 16.9. The molecule has 0 heterocycles. The van der Waals surface area contributed by atoms with Gasteiger partial charge in [-0.3, -0.25) is 0 Å². The zero-order chi connectivity index (χ0) is 20.5. The van der Waals surface area contributed by atoms with Crippen LogP contribution in [0.1, 0.15) is 12.0 Å². The molecule has 29 heavy (non-hydrogen) atoms. The first-order chi connectivity index (χ1) is 14.2. The molecule has 0 saturated carbocycles. The second-order valence-corrected chi connectivity index (χ2v) is 6.53. The summed E-state index contributed by atoms with van der Waals surface area (Å²) in [6.07, 6.45) is 0.819. The Morgan fingerprint density at radius 1 is 0.931 bits per heavy atom. The van der Waals surface area contributed by atoms with Gasteiger partial charge in [0.2, 0.25) is 0 Å². The fourth-order valence-electron chi connectivity index (χ4n) is 2.95. The number of hydrogen-bond acceptors (Lipinski definition) is 4. The van der Waals surface area contributed by atoms with Crippen LogP contribution in [-0.4, -0.2) is 33.3 Å². The molecule has 0 fully saturated rings. The van der Waals surface area contributed by atoms with E-state index in [2.05, 4.69) is 34.6 Å². The first kappa shape index (κ1) is 20.3. The van der Waals surface area contributed by atoms with Gasteiger partial charge in [-0.1, -0.05) is 36.4 Å². The fourth-order valence-corrected chi connectivity index (χ4v) is 2.95. The lowest BCUT2D eigenvalue weighted by atomic mass is 10.1. The SMILES string of the molecule is COc1ccc(CN=C(N)NCCCOc2ccc3ccccc3c2)cc1OC. The van der Waals surface area contributed by atoms with Crippen LogP contribution in [0.3, 0.4) is 0 Å². The molecule has 0 unspecified atom stereocenters. The van der Waals surface area contributed by atoms with Crippen molar-refractivity contribution in [1.82, 2.24) is 5.32 Å². The number of nitrogens with zero attached hydrogens (tertiary/aromatic N) is 1. The number of ether oxygens (including phenoxy) is 3. The van der Waals surface area contributed by atoms with E-state index < -0.39 is 0 Å². The quantitative estimate of drug-likeness (QED) is 0.329. The predicted molar refractivity (Wildman–Crippen MR) is 117 cm³/mol. The summed E-state index contributed by atoms with van der Waals surface area (Å²) < 4.78 is 16.4. The molecule has 0 saturated heterocycles. The van der Waals surface area contributed by atoms with Gasteiger partial charge >= 0.3 is 0 Å². The summed E-state index contributed by atoms with van der Waals surface area (Å²) in [6, 6.07) is 20.1. The minimum Gasteiger partial charge on any atom is -0.494 e. The third-order valence-electron chi connectivity index (χ3n) is 4.50. The summed E-state index contributed by atoms with van der Waals surface area (Å²) in [5, 5.41) is 5.50. The largest absolute Gasteiger partial charge is 0.494 e. The molecular formula is C23H27N3O3. The van der Waals surface area contributed by atoms with Crippen LogP contribution >= 0.6 is 0 Å². The van der Waals surface area contributed by atoms with Crippen molar-refractivity contribution in [2.24, 2.45) is 10.7 Å². The Bertz CT molecular complexity index is 972. The Balaban J connectivity index is 1.40. The van der Waals surface area contributed by atoms with Crippen molar-refractivity contribution in [3.8, 4) is 17.2 Å². The van der Waals surface area contributed by atoms with Gasteiger partial charge in [0.15, 0.2) is 17.5 Å². The van der Waals surface area contributed by atoms with E-state index in [0.717, 1.165) is 17.7 Å². The lowest BCUT2D eigenvalue weighted by molar-refractivity contribution is 0.311. The van der Waals surface area contributed by atoms with Crippen molar-refractivity contribution in [2.45, 2.75) is 13.0 Å². The van der Waals surface area contributed by atoms with Gasteiger partial charge in [-0.15, -0.1) is 0 Å². The van der Waals surface area contributed by atoms with E-state index in [9.17, 15) is 0 Å². The lowest BCUT2D eigenvalue weighted by Gasteiger charge is -2.10. The van der Waals surface area contributed by atoms with Gasteiger partial charge in [0.25, 0.3) is 0 Å². The van der Waals surface area contributed by atoms with E-state index in [1.54, 1.807) is 14.2 Å². The molecule has 0 aliphatic heterocycles. The minimum absolute atomic E-state index is 0.408. The maximum absolute atomic E-state index is 5.95. The molecule has 152 valence electrons. The summed E-state index contributed by atoms with van der Waals surface area (Å²) in [5.74, 6) is 2.65. The van der Waals surface area contributed by atoms with Crippen LogP contribution in [0.15, 0.2) is 65.7 Å². The van der Waals surface area contributed by atoms with E-state index in [1.165, 1.54) is 10.8 Å². The van der Waals surface area contributed by atoms with Crippen LogP contribution in [0.5, 0.6) is 17.2 Å². The highest BCUT2D eigenvalue weighted by molar-refractivity contribution is 5.83. The van der Waals surface area contributed by atoms with E-state index in [4.69, 9.17) is 19.9 Å². The van der Waals surface area contributed by atoms with Gasteiger partial charge in [-0.2, -0.15) is 0 Å². The monoisotopic (exact) mass is 393 g/mol. The molecule has 0 aromatic heterocycles. The average molecular weight is 393 g/mol. The maximum Gasteiger partial charge on any atom is 0.188 e. The van der Waals surface area contributed by atoms with Crippen molar-refractivity contribution >= 4 is 16.7 Å². The highest BCUT2D eigenvalue weighted by atomic mass is 16.5. The Morgan fingerprint density at radius 2 is 1.72 bits per heavy atom. The Kier molecular flexibility index (Phi) is 7.16. The van der Waals surface area contributed by atoms with Crippen molar-refractivity contribution < 1.29 is 14.2 Å². The van der Waals surface area contributed by atoms with Crippen LogP contribution in [0.4, 0.5) is 0 Å². The second-order valence-electron chi connectivity index (χ2n) is 6.53. The number of guanidine groups is 1. The molecule has 6 heteroatoms. The van der Waals surface area contributed by atoms with Gasteiger partial charge in [-0.05, 0) is 47.0 Å². The molecule has 0 aliphatic rings. The minimum atomic E-state index is 0.408. The van der Waals surface area contributed by atoms with Crippen molar-refractivity contribution in [3.63, 3.8) is 0 Å². The summed E-state index contributed by atoms with van der Waals surface area (Å²) in [5.41, 5.74) is 6.94.